The fourth-order valence-corrected chi connectivity index (χ4v) is 2.28. The predicted octanol–water partition coefficient (Wildman–Crippen LogP) is 3.86. The molecule has 0 aliphatic rings. The Morgan fingerprint density at radius 2 is 1.95 bits per heavy atom. The van der Waals surface area contributed by atoms with Gasteiger partial charge in [0.15, 0.2) is 0 Å². The zero-order valence-corrected chi connectivity index (χ0v) is 12.0. The number of rotatable bonds is 3. The van der Waals surface area contributed by atoms with E-state index >= 15 is 0 Å². The van der Waals surface area contributed by atoms with Gasteiger partial charge >= 0.3 is 0 Å². The molecule has 2 nitrogen and oxygen atoms in total. The topological polar surface area (TPSA) is 20.3 Å². The summed E-state index contributed by atoms with van der Waals surface area (Å²) in [5.74, 6) is -0.393. The highest BCUT2D eigenvalue weighted by Gasteiger charge is 2.14. The molecule has 0 saturated heterocycles. The van der Waals surface area contributed by atoms with Gasteiger partial charge in [-0.25, -0.2) is 4.39 Å². The predicted molar refractivity (Wildman–Crippen MR) is 76.3 cm³/mol. The van der Waals surface area contributed by atoms with Gasteiger partial charge in [-0.3, -0.25) is 4.79 Å². The smallest absolute Gasteiger partial charge is 0.255 e. The molecule has 0 heterocycles. The largest absolute Gasteiger partial charge is 0.337 e. The van der Waals surface area contributed by atoms with Crippen LogP contribution in [0.25, 0.3) is 0 Å². The molecule has 19 heavy (non-hydrogen) atoms. The Balaban J connectivity index is 2.14. The first-order chi connectivity index (χ1) is 9.08. The molecule has 0 fully saturated rings. The standard InChI is InChI=1S/C15H13BrFNO/c1-18(10-11-5-4-6-12(17)9-11)15(19)13-7-2-3-8-14(13)16/h2-9H,10H2,1H3. The molecule has 4 heteroatoms. The molecule has 0 radical (unpaired) electrons. The molecular weight excluding hydrogens is 309 g/mol. The summed E-state index contributed by atoms with van der Waals surface area (Å²) in [5, 5.41) is 0. The molecule has 0 aliphatic carbocycles. The third-order valence-corrected chi connectivity index (χ3v) is 3.45. The molecule has 1 amide bonds. The third-order valence-electron chi connectivity index (χ3n) is 2.76. The maximum absolute atomic E-state index is 13.1. The van der Waals surface area contributed by atoms with E-state index in [1.807, 2.05) is 18.2 Å². The molecule has 0 aliphatic heterocycles. The lowest BCUT2D eigenvalue weighted by molar-refractivity contribution is 0.0784. The molecule has 0 atom stereocenters. The SMILES string of the molecule is CN(Cc1cccc(F)c1)C(=O)c1ccccc1Br. The first kappa shape index (κ1) is 13.7. The van der Waals surface area contributed by atoms with Gasteiger partial charge in [-0.05, 0) is 45.8 Å². The zero-order chi connectivity index (χ0) is 13.8. The Morgan fingerprint density at radius 1 is 1.21 bits per heavy atom. The summed E-state index contributed by atoms with van der Waals surface area (Å²) in [6.45, 7) is 0.373. The van der Waals surface area contributed by atoms with E-state index in [1.54, 1.807) is 30.1 Å². The number of carbonyl (C=O) groups excluding carboxylic acids is 1. The number of carbonyl (C=O) groups is 1. The van der Waals surface area contributed by atoms with Crippen LogP contribution in [0.15, 0.2) is 53.0 Å². The summed E-state index contributed by atoms with van der Waals surface area (Å²) >= 11 is 3.35. The molecule has 0 unspecified atom stereocenters. The van der Waals surface area contributed by atoms with E-state index in [4.69, 9.17) is 0 Å². The molecule has 0 spiro atoms. The van der Waals surface area contributed by atoms with E-state index in [0.29, 0.717) is 12.1 Å². The summed E-state index contributed by atoms with van der Waals surface area (Å²) in [6, 6.07) is 13.5. The van der Waals surface area contributed by atoms with Gasteiger partial charge in [-0.15, -0.1) is 0 Å². The van der Waals surface area contributed by atoms with Crippen molar-refractivity contribution in [3.8, 4) is 0 Å². The Hall–Kier alpha value is -1.68. The first-order valence-corrected chi connectivity index (χ1v) is 6.61. The van der Waals surface area contributed by atoms with Crippen molar-refractivity contribution in [2.24, 2.45) is 0 Å². The second-order valence-corrected chi connectivity index (χ2v) is 5.13. The fourth-order valence-electron chi connectivity index (χ4n) is 1.82. The summed E-state index contributed by atoms with van der Waals surface area (Å²) in [4.78, 5) is 13.8. The number of hydrogen-bond acceptors (Lipinski definition) is 1. The average Bonchev–Trinajstić information content (AvgIpc) is 2.38. The Morgan fingerprint density at radius 3 is 2.63 bits per heavy atom. The highest BCUT2D eigenvalue weighted by atomic mass is 79.9. The second kappa shape index (κ2) is 5.97. The summed E-state index contributed by atoms with van der Waals surface area (Å²) in [6.07, 6.45) is 0. The van der Waals surface area contributed by atoms with Crippen molar-refractivity contribution in [3.05, 3.63) is 69.9 Å². The highest BCUT2D eigenvalue weighted by Crippen LogP contribution is 2.18. The minimum absolute atomic E-state index is 0.100. The second-order valence-electron chi connectivity index (χ2n) is 4.27. The van der Waals surface area contributed by atoms with Gasteiger partial charge in [-0.2, -0.15) is 0 Å². The van der Waals surface area contributed by atoms with Crippen LogP contribution in [-0.2, 0) is 6.54 Å². The number of amides is 1. The van der Waals surface area contributed by atoms with Gasteiger partial charge in [0, 0.05) is 18.1 Å². The molecule has 0 saturated carbocycles. The van der Waals surface area contributed by atoms with E-state index in [1.165, 1.54) is 12.1 Å². The van der Waals surface area contributed by atoms with Crippen LogP contribution in [0, 0.1) is 5.82 Å². The van der Waals surface area contributed by atoms with E-state index in [0.717, 1.165) is 10.0 Å². The van der Waals surface area contributed by atoms with Crippen LogP contribution in [0.2, 0.25) is 0 Å². The van der Waals surface area contributed by atoms with Crippen LogP contribution in [0.1, 0.15) is 15.9 Å². The minimum Gasteiger partial charge on any atom is -0.337 e. The number of halogens is 2. The van der Waals surface area contributed by atoms with Crippen LogP contribution in [0.3, 0.4) is 0 Å². The van der Waals surface area contributed by atoms with Crippen LogP contribution in [-0.4, -0.2) is 17.9 Å². The van der Waals surface area contributed by atoms with Crippen molar-refractivity contribution in [1.29, 1.82) is 0 Å². The summed E-state index contributed by atoms with van der Waals surface area (Å²) < 4.78 is 13.9. The normalized spacial score (nSPS) is 10.3. The van der Waals surface area contributed by atoms with Crippen LogP contribution in [0.4, 0.5) is 4.39 Å². The quantitative estimate of drug-likeness (QED) is 0.840. The van der Waals surface area contributed by atoms with Crippen LogP contribution < -0.4 is 0 Å². The third kappa shape index (κ3) is 3.41. The van der Waals surface area contributed by atoms with Crippen molar-refractivity contribution in [2.75, 3.05) is 7.05 Å². The first-order valence-electron chi connectivity index (χ1n) is 5.82. The van der Waals surface area contributed by atoms with Gasteiger partial charge in [0.05, 0.1) is 5.56 Å². The van der Waals surface area contributed by atoms with Crippen LogP contribution >= 0.6 is 15.9 Å². The lowest BCUT2D eigenvalue weighted by Crippen LogP contribution is -2.26. The van der Waals surface area contributed by atoms with E-state index in [2.05, 4.69) is 15.9 Å². The molecule has 98 valence electrons. The number of benzene rings is 2. The zero-order valence-electron chi connectivity index (χ0n) is 10.4. The van der Waals surface area contributed by atoms with Crippen molar-refractivity contribution < 1.29 is 9.18 Å². The maximum Gasteiger partial charge on any atom is 0.255 e. The Kier molecular flexibility index (Phi) is 4.32. The monoisotopic (exact) mass is 321 g/mol. The molecule has 2 aromatic carbocycles. The van der Waals surface area contributed by atoms with Gasteiger partial charge in [0.1, 0.15) is 5.82 Å². The molecular formula is C15H13BrFNO. The fraction of sp³-hybridized carbons (Fsp3) is 0.133. The molecule has 2 rings (SSSR count). The van der Waals surface area contributed by atoms with Crippen molar-refractivity contribution >= 4 is 21.8 Å². The van der Waals surface area contributed by atoms with E-state index in [-0.39, 0.29) is 11.7 Å². The molecule has 0 bridgehead atoms. The van der Waals surface area contributed by atoms with Crippen molar-refractivity contribution in [3.63, 3.8) is 0 Å². The Labute approximate surface area is 120 Å². The van der Waals surface area contributed by atoms with Crippen LogP contribution in [0.5, 0.6) is 0 Å². The average molecular weight is 322 g/mol. The molecule has 0 N–H and O–H groups in total. The van der Waals surface area contributed by atoms with Crippen molar-refractivity contribution in [2.45, 2.75) is 6.54 Å². The summed E-state index contributed by atoms with van der Waals surface area (Å²) in [7, 11) is 1.70. The highest BCUT2D eigenvalue weighted by molar-refractivity contribution is 9.10. The molecule has 0 aromatic heterocycles. The molecule has 2 aromatic rings. The van der Waals surface area contributed by atoms with E-state index in [9.17, 15) is 9.18 Å². The number of nitrogens with zero attached hydrogens (tertiary/aromatic N) is 1. The van der Waals surface area contributed by atoms with Gasteiger partial charge in [0.2, 0.25) is 0 Å². The van der Waals surface area contributed by atoms with Gasteiger partial charge in [0.25, 0.3) is 5.91 Å². The van der Waals surface area contributed by atoms with Crippen molar-refractivity contribution in [1.82, 2.24) is 4.90 Å². The Bertz CT molecular complexity index is 600. The van der Waals surface area contributed by atoms with E-state index < -0.39 is 0 Å². The lowest BCUT2D eigenvalue weighted by atomic mass is 10.1. The minimum atomic E-state index is -0.292. The van der Waals surface area contributed by atoms with Gasteiger partial charge in [-0.1, -0.05) is 24.3 Å². The summed E-state index contributed by atoms with van der Waals surface area (Å²) in [5.41, 5.74) is 1.37. The lowest BCUT2D eigenvalue weighted by Gasteiger charge is -2.18. The maximum atomic E-state index is 13.1. The van der Waals surface area contributed by atoms with Gasteiger partial charge < -0.3 is 4.90 Å². The number of hydrogen-bond donors (Lipinski definition) is 0.